The number of hydrogen-bond donors (Lipinski definition) is 1. The number of benzene rings is 2. The molecular formula is C20H19BrN4O5. The van der Waals surface area contributed by atoms with Crippen molar-refractivity contribution in [2.45, 2.75) is 26.2 Å². The molecule has 0 spiro atoms. The number of phenolic OH excluding ortho intramolecular Hbond substituents is 1. The van der Waals surface area contributed by atoms with Crippen molar-refractivity contribution in [3.63, 3.8) is 0 Å². The second kappa shape index (κ2) is 8.62. The van der Waals surface area contributed by atoms with Crippen LogP contribution in [0.5, 0.6) is 11.5 Å². The van der Waals surface area contributed by atoms with Gasteiger partial charge in [-0.05, 0) is 30.7 Å². The van der Waals surface area contributed by atoms with Crippen LogP contribution in [0.2, 0.25) is 0 Å². The Labute approximate surface area is 179 Å². The van der Waals surface area contributed by atoms with E-state index in [1.807, 2.05) is 19.9 Å². The molecule has 0 radical (unpaired) electrons. The number of phenols is 1. The van der Waals surface area contributed by atoms with E-state index < -0.39 is 16.4 Å². The third-order valence-electron chi connectivity index (χ3n) is 4.70. The van der Waals surface area contributed by atoms with Gasteiger partial charge in [0.1, 0.15) is 5.82 Å². The SMILES string of the molecule is CC[C@@H](C)c1nc2ccc(Br)cc2c(=O)n1N=Cc1cc(OC)c(O)c([N+](=O)[O-])c1. The van der Waals surface area contributed by atoms with Crippen molar-refractivity contribution >= 4 is 38.7 Å². The zero-order valence-corrected chi connectivity index (χ0v) is 18.1. The summed E-state index contributed by atoms with van der Waals surface area (Å²) in [5.41, 5.74) is -0.0291. The highest BCUT2D eigenvalue weighted by atomic mass is 79.9. The highest BCUT2D eigenvalue weighted by Gasteiger charge is 2.20. The molecule has 3 aromatic rings. The van der Waals surface area contributed by atoms with Gasteiger partial charge in [0.2, 0.25) is 5.75 Å². The molecule has 1 atom stereocenters. The van der Waals surface area contributed by atoms with Gasteiger partial charge in [-0.1, -0.05) is 29.8 Å². The third kappa shape index (κ3) is 4.04. The van der Waals surface area contributed by atoms with E-state index in [4.69, 9.17) is 4.74 Å². The minimum atomic E-state index is -0.721. The summed E-state index contributed by atoms with van der Waals surface area (Å²) >= 11 is 3.36. The Bertz CT molecular complexity index is 1220. The number of rotatable bonds is 6. The van der Waals surface area contributed by atoms with Crippen LogP contribution in [0.1, 0.15) is 37.6 Å². The number of nitro benzene ring substituents is 1. The molecule has 2 aromatic carbocycles. The van der Waals surface area contributed by atoms with Crippen molar-refractivity contribution < 1.29 is 14.8 Å². The van der Waals surface area contributed by atoms with Crippen molar-refractivity contribution in [2.75, 3.05) is 7.11 Å². The maximum absolute atomic E-state index is 13.1. The number of nitro groups is 1. The number of aromatic nitrogens is 2. The van der Waals surface area contributed by atoms with Crippen LogP contribution in [0.4, 0.5) is 5.69 Å². The number of halogens is 1. The van der Waals surface area contributed by atoms with Gasteiger partial charge in [-0.15, -0.1) is 0 Å². The van der Waals surface area contributed by atoms with Gasteiger partial charge in [0.15, 0.2) is 5.75 Å². The van der Waals surface area contributed by atoms with Gasteiger partial charge in [0, 0.05) is 22.0 Å². The molecule has 0 aliphatic carbocycles. The Kier molecular flexibility index (Phi) is 6.16. The fraction of sp³-hybridized carbons (Fsp3) is 0.250. The second-order valence-corrected chi connectivity index (χ2v) is 7.57. The van der Waals surface area contributed by atoms with Crippen LogP contribution in [0.25, 0.3) is 10.9 Å². The van der Waals surface area contributed by atoms with Gasteiger partial charge >= 0.3 is 5.69 Å². The Hall–Kier alpha value is -3.27. The molecule has 0 aliphatic heterocycles. The monoisotopic (exact) mass is 474 g/mol. The molecule has 0 amide bonds. The minimum absolute atomic E-state index is 0.0495. The first-order valence-electron chi connectivity index (χ1n) is 9.08. The first-order valence-corrected chi connectivity index (χ1v) is 9.88. The standard InChI is InChI=1S/C20H19BrN4O5/c1-4-11(2)19-23-15-6-5-13(21)9-14(15)20(27)24(19)22-10-12-7-16(25(28)29)18(26)17(8-12)30-3/h5-11,26H,4H2,1-3H3/t11-/m1/s1. The van der Waals surface area contributed by atoms with Gasteiger partial charge in [0.05, 0.1) is 29.2 Å². The number of nitrogens with zero attached hydrogens (tertiary/aromatic N) is 4. The van der Waals surface area contributed by atoms with E-state index in [1.165, 1.54) is 24.1 Å². The van der Waals surface area contributed by atoms with E-state index in [2.05, 4.69) is 26.0 Å². The van der Waals surface area contributed by atoms with E-state index in [0.717, 1.165) is 17.0 Å². The first-order chi connectivity index (χ1) is 14.3. The quantitative estimate of drug-likeness (QED) is 0.325. The average Bonchev–Trinajstić information content (AvgIpc) is 2.73. The number of aromatic hydroxyl groups is 1. The molecule has 156 valence electrons. The van der Waals surface area contributed by atoms with Crippen LogP contribution in [-0.4, -0.2) is 33.0 Å². The molecule has 30 heavy (non-hydrogen) atoms. The molecule has 0 unspecified atom stereocenters. The van der Waals surface area contributed by atoms with Crippen molar-refractivity contribution in [3.8, 4) is 11.5 Å². The van der Waals surface area contributed by atoms with Crippen molar-refractivity contribution in [1.82, 2.24) is 9.66 Å². The molecule has 1 heterocycles. The van der Waals surface area contributed by atoms with Crippen LogP contribution in [-0.2, 0) is 0 Å². The third-order valence-corrected chi connectivity index (χ3v) is 5.20. The Morgan fingerprint density at radius 2 is 2.13 bits per heavy atom. The van der Waals surface area contributed by atoms with Gasteiger partial charge < -0.3 is 9.84 Å². The average molecular weight is 475 g/mol. The lowest BCUT2D eigenvalue weighted by atomic mass is 10.1. The lowest BCUT2D eigenvalue weighted by Crippen LogP contribution is -2.23. The van der Waals surface area contributed by atoms with Crippen LogP contribution in [0, 0.1) is 10.1 Å². The smallest absolute Gasteiger partial charge is 0.315 e. The number of fused-ring (bicyclic) bond motifs is 1. The normalized spacial score (nSPS) is 12.4. The summed E-state index contributed by atoms with van der Waals surface area (Å²) in [6, 6.07) is 7.79. The van der Waals surface area contributed by atoms with E-state index >= 15 is 0 Å². The summed E-state index contributed by atoms with van der Waals surface area (Å²) < 4.78 is 6.94. The van der Waals surface area contributed by atoms with Crippen molar-refractivity contribution in [2.24, 2.45) is 5.10 Å². The summed E-state index contributed by atoms with van der Waals surface area (Å²) in [5, 5.41) is 25.8. The van der Waals surface area contributed by atoms with Crippen LogP contribution >= 0.6 is 15.9 Å². The van der Waals surface area contributed by atoms with Gasteiger partial charge in [-0.25, -0.2) is 4.98 Å². The van der Waals surface area contributed by atoms with Crippen LogP contribution in [0.3, 0.4) is 0 Å². The largest absolute Gasteiger partial charge is 0.500 e. The van der Waals surface area contributed by atoms with Gasteiger partial charge in [-0.3, -0.25) is 14.9 Å². The molecule has 10 heteroatoms. The zero-order chi connectivity index (χ0) is 22.0. The van der Waals surface area contributed by atoms with E-state index in [1.54, 1.807) is 12.1 Å². The lowest BCUT2D eigenvalue weighted by Gasteiger charge is -2.14. The van der Waals surface area contributed by atoms with Crippen molar-refractivity contribution in [3.05, 3.63) is 66.7 Å². The predicted octanol–water partition coefficient (Wildman–Crippen LogP) is 4.18. The van der Waals surface area contributed by atoms with Gasteiger partial charge in [-0.2, -0.15) is 9.78 Å². The molecule has 1 aromatic heterocycles. The Morgan fingerprint density at radius 1 is 1.40 bits per heavy atom. The highest BCUT2D eigenvalue weighted by Crippen LogP contribution is 2.36. The number of hydrogen-bond acceptors (Lipinski definition) is 7. The second-order valence-electron chi connectivity index (χ2n) is 6.65. The molecular weight excluding hydrogens is 456 g/mol. The summed E-state index contributed by atoms with van der Waals surface area (Å²) in [6.07, 6.45) is 2.04. The molecule has 1 N–H and O–H groups in total. The number of methoxy groups -OCH3 is 1. The Balaban J connectivity index is 2.21. The van der Waals surface area contributed by atoms with Gasteiger partial charge in [0.25, 0.3) is 5.56 Å². The molecule has 0 fully saturated rings. The molecule has 0 saturated heterocycles. The predicted molar refractivity (Wildman–Crippen MR) is 117 cm³/mol. The fourth-order valence-corrected chi connectivity index (χ4v) is 3.25. The van der Waals surface area contributed by atoms with E-state index in [-0.39, 0.29) is 22.8 Å². The van der Waals surface area contributed by atoms with Crippen molar-refractivity contribution in [1.29, 1.82) is 0 Å². The summed E-state index contributed by atoms with van der Waals surface area (Å²) in [7, 11) is 1.29. The molecule has 0 bridgehead atoms. The van der Waals surface area contributed by atoms with Crippen LogP contribution in [0.15, 0.2) is 44.7 Å². The molecule has 9 nitrogen and oxygen atoms in total. The van der Waals surface area contributed by atoms with E-state index in [9.17, 15) is 20.0 Å². The van der Waals surface area contributed by atoms with E-state index in [0.29, 0.717) is 16.7 Å². The Morgan fingerprint density at radius 3 is 2.77 bits per heavy atom. The topological polar surface area (TPSA) is 120 Å². The molecule has 0 saturated carbocycles. The maximum atomic E-state index is 13.1. The minimum Gasteiger partial charge on any atom is -0.500 e. The molecule has 3 rings (SSSR count). The highest BCUT2D eigenvalue weighted by molar-refractivity contribution is 9.10. The fourth-order valence-electron chi connectivity index (χ4n) is 2.89. The lowest BCUT2D eigenvalue weighted by molar-refractivity contribution is -0.386. The first kappa shape index (κ1) is 21.4. The maximum Gasteiger partial charge on any atom is 0.315 e. The summed E-state index contributed by atoms with van der Waals surface area (Å²) in [5.74, 6) is -0.213. The summed E-state index contributed by atoms with van der Waals surface area (Å²) in [4.78, 5) is 28.2. The zero-order valence-electron chi connectivity index (χ0n) is 16.5. The van der Waals surface area contributed by atoms with Crippen LogP contribution < -0.4 is 10.3 Å². The molecule has 0 aliphatic rings. The number of ether oxygens (including phenoxy) is 1. The summed E-state index contributed by atoms with van der Waals surface area (Å²) in [6.45, 7) is 3.91.